The predicted molar refractivity (Wildman–Crippen MR) is 104 cm³/mol. The molecule has 0 aromatic carbocycles. The van der Waals surface area contributed by atoms with Crippen LogP contribution in [-0.2, 0) is 4.79 Å². The van der Waals surface area contributed by atoms with E-state index in [-0.39, 0.29) is 11.9 Å². The molecule has 2 aliphatic rings. The molecule has 7 heteroatoms. The van der Waals surface area contributed by atoms with Crippen molar-refractivity contribution in [3.8, 4) is 0 Å². The predicted octanol–water partition coefficient (Wildman–Crippen LogP) is 4.11. The molecule has 4 heterocycles. The first-order valence-corrected chi connectivity index (χ1v) is 11.6. The van der Waals surface area contributed by atoms with Crippen molar-refractivity contribution in [3.05, 3.63) is 30.2 Å². The van der Waals surface area contributed by atoms with Crippen LogP contribution in [0.5, 0.6) is 0 Å². The molecule has 2 aromatic rings. The van der Waals surface area contributed by atoms with Crippen LogP contribution in [0.25, 0.3) is 5.65 Å². The first-order valence-electron chi connectivity index (χ1n) is 9.20. The summed E-state index contributed by atoms with van der Waals surface area (Å²) in [6.07, 6.45) is 9.44. The third kappa shape index (κ3) is 3.82. The van der Waals surface area contributed by atoms with E-state index in [9.17, 15) is 4.79 Å². The van der Waals surface area contributed by atoms with E-state index in [1.165, 1.54) is 18.6 Å². The van der Waals surface area contributed by atoms with Gasteiger partial charge in [0, 0.05) is 30.2 Å². The van der Waals surface area contributed by atoms with Gasteiger partial charge in [-0.3, -0.25) is 9.20 Å². The van der Waals surface area contributed by atoms with Gasteiger partial charge in [-0.15, -0.1) is 10.2 Å². The largest absolute Gasteiger partial charge is 0.332 e. The lowest BCUT2D eigenvalue weighted by atomic mass is 10.1. The fourth-order valence-corrected chi connectivity index (χ4v) is 6.80. The van der Waals surface area contributed by atoms with Crippen LogP contribution < -0.4 is 0 Å². The van der Waals surface area contributed by atoms with Crippen molar-refractivity contribution in [3.63, 3.8) is 0 Å². The van der Waals surface area contributed by atoms with Crippen molar-refractivity contribution in [1.29, 1.82) is 0 Å². The highest BCUT2D eigenvalue weighted by atomic mass is 33.1. The molecule has 0 aliphatic carbocycles. The molecule has 0 radical (unpaired) electrons. The molecular weight excluding hydrogens is 352 g/mol. The molecule has 134 valence electrons. The van der Waals surface area contributed by atoms with Gasteiger partial charge in [0.1, 0.15) is 0 Å². The molecule has 0 N–H and O–H groups in total. The van der Waals surface area contributed by atoms with Crippen molar-refractivity contribution < 1.29 is 4.79 Å². The van der Waals surface area contributed by atoms with E-state index < -0.39 is 0 Å². The number of carbonyl (C=O) groups excluding carboxylic acids is 1. The lowest BCUT2D eigenvalue weighted by Gasteiger charge is -2.23. The van der Waals surface area contributed by atoms with E-state index in [2.05, 4.69) is 10.2 Å². The zero-order valence-corrected chi connectivity index (χ0v) is 16.0. The standard InChI is InChI=1S/C18H24N4OS2/c23-17(9-2-1-6-14-10-13-24-25-14)21-12-5-7-15(21)18-20-19-16-8-3-4-11-22(16)18/h3-4,8,11,14-15H,1-2,5-7,9-10,12-13H2/t14-,15-/m0/s1. The van der Waals surface area contributed by atoms with Gasteiger partial charge >= 0.3 is 0 Å². The second kappa shape index (κ2) is 7.99. The van der Waals surface area contributed by atoms with E-state index in [1.54, 1.807) is 0 Å². The number of fused-ring (bicyclic) bond motifs is 1. The van der Waals surface area contributed by atoms with Crippen LogP contribution in [0.4, 0.5) is 0 Å². The van der Waals surface area contributed by atoms with Gasteiger partial charge in [-0.05, 0) is 44.2 Å². The molecule has 0 saturated carbocycles. The van der Waals surface area contributed by atoms with Crippen LogP contribution in [0.15, 0.2) is 24.4 Å². The van der Waals surface area contributed by atoms with Crippen molar-refractivity contribution >= 4 is 33.1 Å². The van der Waals surface area contributed by atoms with Crippen LogP contribution >= 0.6 is 21.6 Å². The zero-order chi connectivity index (χ0) is 17.1. The Morgan fingerprint density at radius 1 is 1.24 bits per heavy atom. The fraction of sp³-hybridized carbons (Fsp3) is 0.611. The number of aromatic nitrogens is 3. The Bertz CT molecular complexity index is 729. The van der Waals surface area contributed by atoms with E-state index in [1.807, 2.05) is 55.3 Å². The number of rotatable bonds is 6. The third-order valence-electron chi connectivity index (χ3n) is 5.11. The number of unbranched alkanes of at least 4 members (excludes halogenated alkanes) is 1. The molecule has 2 atom stereocenters. The highest BCUT2D eigenvalue weighted by Crippen LogP contribution is 2.40. The van der Waals surface area contributed by atoms with Gasteiger partial charge < -0.3 is 4.90 Å². The van der Waals surface area contributed by atoms with Crippen molar-refractivity contribution in [1.82, 2.24) is 19.5 Å². The molecule has 0 bridgehead atoms. The minimum absolute atomic E-state index is 0.0756. The Kier molecular flexibility index (Phi) is 5.51. The van der Waals surface area contributed by atoms with Crippen LogP contribution in [-0.4, -0.2) is 43.0 Å². The highest BCUT2D eigenvalue weighted by Gasteiger charge is 2.32. The lowest BCUT2D eigenvalue weighted by molar-refractivity contribution is -0.132. The van der Waals surface area contributed by atoms with Crippen LogP contribution in [0, 0.1) is 0 Å². The molecular formula is C18H24N4OS2. The Labute approximate surface area is 156 Å². The second-order valence-electron chi connectivity index (χ2n) is 6.81. The Balaban J connectivity index is 1.35. The Morgan fingerprint density at radius 3 is 3.08 bits per heavy atom. The maximum Gasteiger partial charge on any atom is 0.223 e. The fourth-order valence-electron chi connectivity index (χ4n) is 3.78. The van der Waals surface area contributed by atoms with Gasteiger partial charge in [0.25, 0.3) is 0 Å². The average Bonchev–Trinajstić information content (AvgIpc) is 3.38. The topological polar surface area (TPSA) is 50.5 Å². The van der Waals surface area contributed by atoms with Crippen molar-refractivity contribution in [2.45, 2.75) is 56.2 Å². The average molecular weight is 377 g/mol. The van der Waals surface area contributed by atoms with E-state index in [4.69, 9.17) is 0 Å². The summed E-state index contributed by atoms with van der Waals surface area (Å²) in [4.78, 5) is 14.8. The van der Waals surface area contributed by atoms with Crippen LogP contribution in [0.3, 0.4) is 0 Å². The number of likely N-dealkylation sites (tertiary alicyclic amines) is 1. The summed E-state index contributed by atoms with van der Waals surface area (Å²) in [7, 11) is 4.02. The monoisotopic (exact) mass is 376 g/mol. The Morgan fingerprint density at radius 2 is 2.20 bits per heavy atom. The molecule has 2 fully saturated rings. The van der Waals surface area contributed by atoms with Gasteiger partial charge in [-0.2, -0.15) is 0 Å². The van der Waals surface area contributed by atoms with Gasteiger partial charge in [0.05, 0.1) is 6.04 Å². The lowest BCUT2D eigenvalue weighted by Crippen LogP contribution is -2.31. The molecule has 2 aromatic heterocycles. The first kappa shape index (κ1) is 17.2. The minimum Gasteiger partial charge on any atom is -0.332 e. The second-order valence-corrected chi connectivity index (χ2v) is 9.59. The molecule has 0 unspecified atom stereocenters. The van der Waals surface area contributed by atoms with E-state index in [0.717, 1.165) is 48.9 Å². The SMILES string of the molecule is O=C(CCCC[C@H]1CCSS1)N1CCC[C@H]1c1nnc2ccccn12. The normalized spacial score (nSPS) is 23.6. The maximum absolute atomic E-state index is 12.7. The van der Waals surface area contributed by atoms with Crippen molar-refractivity contribution in [2.75, 3.05) is 12.3 Å². The summed E-state index contributed by atoms with van der Waals surface area (Å²) in [5, 5.41) is 9.43. The maximum atomic E-state index is 12.7. The van der Waals surface area contributed by atoms with Gasteiger partial charge in [0.2, 0.25) is 5.91 Å². The molecule has 2 aliphatic heterocycles. The third-order valence-corrected chi connectivity index (χ3v) is 8.11. The summed E-state index contributed by atoms with van der Waals surface area (Å²) >= 11 is 0. The number of hydrogen-bond acceptors (Lipinski definition) is 5. The molecule has 5 nitrogen and oxygen atoms in total. The summed E-state index contributed by atoms with van der Waals surface area (Å²) in [6.45, 7) is 0.848. The number of pyridine rings is 1. The number of carbonyl (C=O) groups is 1. The number of hydrogen-bond donors (Lipinski definition) is 0. The summed E-state index contributed by atoms with van der Waals surface area (Å²) in [5.74, 6) is 2.47. The molecule has 1 amide bonds. The summed E-state index contributed by atoms with van der Waals surface area (Å²) < 4.78 is 2.02. The molecule has 2 saturated heterocycles. The highest BCUT2D eigenvalue weighted by molar-refractivity contribution is 8.77. The smallest absolute Gasteiger partial charge is 0.223 e. The van der Waals surface area contributed by atoms with Crippen molar-refractivity contribution in [2.24, 2.45) is 0 Å². The van der Waals surface area contributed by atoms with E-state index >= 15 is 0 Å². The van der Waals surface area contributed by atoms with Crippen LogP contribution in [0.2, 0.25) is 0 Å². The van der Waals surface area contributed by atoms with Gasteiger partial charge in [0.15, 0.2) is 11.5 Å². The molecule has 0 spiro atoms. The van der Waals surface area contributed by atoms with E-state index in [0.29, 0.717) is 6.42 Å². The Hall–Kier alpha value is -1.21. The zero-order valence-electron chi connectivity index (χ0n) is 14.3. The summed E-state index contributed by atoms with van der Waals surface area (Å²) in [6, 6.07) is 5.98. The number of nitrogens with zero attached hydrogens (tertiary/aromatic N) is 4. The van der Waals surface area contributed by atoms with Crippen LogP contribution in [0.1, 0.15) is 56.8 Å². The first-order chi connectivity index (χ1) is 12.3. The quantitative estimate of drug-likeness (QED) is 0.561. The van der Waals surface area contributed by atoms with Gasteiger partial charge in [-0.25, -0.2) is 0 Å². The minimum atomic E-state index is 0.0756. The summed E-state index contributed by atoms with van der Waals surface area (Å²) in [5.41, 5.74) is 0.851. The van der Waals surface area contributed by atoms with Gasteiger partial charge in [-0.1, -0.05) is 34.1 Å². The molecule has 4 rings (SSSR count). The number of amides is 1. The molecule has 25 heavy (non-hydrogen) atoms.